The molecule has 3 heterocycles. The molecule has 136 valence electrons. The Morgan fingerprint density at radius 1 is 1.04 bits per heavy atom. The van der Waals surface area contributed by atoms with E-state index in [1.165, 1.54) is 6.07 Å². The van der Waals surface area contributed by atoms with Gasteiger partial charge in [0, 0.05) is 44.6 Å². The molecule has 1 aromatic carbocycles. The Kier molecular flexibility index (Phi) is 4.42. The summed E-state index contributed by atoms with van der Waals surface area (Å²) in [4.78, 5) is 13.2. The van der Waals surface area contributed by atoms with Crippen LogP contribution in [0.4, 0.5) is 15.9 Å². The number of anilines is 2. The SMILES string of the molecule is Cc1nc(N2CCN(c3cccc(F)c3C#N)CC2)cc(-n2cccn2)n1. The Hall–Kier alpha value is -3.47. The van der Waals surface area contributed by atoms with E-state index in [-0.39, 0.29) is 5.56 Å². The van der Waals surface area contributed by atoms with Crippen molar-refractivity contribution in [2.75, 3.05) is 36.0 Å². The van der Waals surface area contributed by atoms with Crippen molar-refractivity contribution in [1.82, 2.24) is 19.7 Å². The average molecular weight is 363 g/mol. The molecular formula is C19H18FN7. The standard InChI is InChI=1S/C19H18FN7/c1-14-23-18(12-19(24-14)27-7-3-6-22-27)26-10-8-25(9-11-26)17-5-2-4-16(20)15(17)13-21/h2-7,12H,8-11H2,1H3. The molecule has 0 spiro atoms. The van der Waals surface area contributed by atoms with E-state index in [4.69, 9.17) is 0 Å². The lowest BCUT2D eigenvalue weighted by Crippen LogP contribution is -2.47. The number of nitrogens with zero attached hydrogens (tertiary/aromatic N) is 7. The highest BCUT2D eigenvalue weighted by atomic mass is 19.1. The van der Waals surface area contributed by atoms with Gasteiger partial charge in [0.1, 0.15) is 29.1 Å². The third-order valence-corrected chi connectivity index (χ3v) is 4.60. The summed E-state index contributed by atoms with van der Waals surface area (Å²) in [5.74, 6) is 1.76. The summed E-state index contributed by atoms with van der Waals surface area (Å²) >= 11 is 0. The van der Waals surface area contributed by atoms with Gasteiger partial charge < -0.3 is 9.80 Å². The maximum Gasteiger partial charge on any atom is 0.159 e. The number of halogens is 1. The van der Waals surface area contributed by atoms with Gasteiger partial charge in [-0.05, 0) is 25.1 Å². The molecule has 0 radical (unpaired) electrons. The molecule has 27 heavy (non-hydrogen) atoms. The van der Waals surface area contributed by atoms with Crippen LogP contribution in [0.1, 0.15) is 11.4 Å². The molecule has 7 nitrogen and oxygen atoms in total. The smallest absolute Gasteiger partial charge is 0.159 e. The minimum atomic E-state index is -0.479. The Labute approximate surface area is 156 Å². The molecule has 1 fully saturated rings. The molecule has 1 aliphatic rings. The molecule has 0 saturated carbocycles. The summed E-state index contributed by atoms with van der Waals surface area (Å²) in [6.45, 7) is 4.65. The second-order valence-electron chi connectivity index (χ2n) is 6.30. The number of aromatic nitrogens is 4. The first kappa shape index (κ1) is 17.0. The Bertz CT molecular complexity index is 986. The summed E-state index contributed by atoms with van der Waals surface area (Å²) in [6, 6.07) is 10.5. The summed E-state index contributed by atoms with van der Waals surface area (Å²) in [5, 5.41) is 13.5. The number of nitriles is 1. The van der Waals surface area contributed by atoms with Crippen molar-refractivity contribution in [3.8, 4) is 11.9 Å². The fourth-order valence-electron chi connectivity index (χ4n) is 3.28. The number of benzene rings is 1. The van der Waals surface area contributed by atoms with Crippen molar-refractivity contribution < 1.29 is 4.39 Å². The predicted molar refractivity (Wildman–Crippen MR) is 99.4 cm³/mol. The van der Waals surface area contributed by atoms with Gasteiger partial charge >= 0.3 is 0 Å². The van der Waals surface area contributed by atoms with Gasteiger partial charge in [0.2, 0.25) is 0 Å². The zero-order valence-corrected chi connectivity index (χ0v) is 14.9. The number of hydrogen-bond donors (Lipinski definition) is 0. The van der Waals surface area contributed by atoms with Gasteiger partial charge in [0.15, 0.2) is 5.82 Å². The Balaban J connectivity index is 1.54. The van der Waals surface area contributed by atoms with E-state index in [1.54, 1.807) is 23.0 Å². The van der Waals surface area contributed by atoms with E-state index in [0.717, 1.165) is 24.7 Å². The van der Waals surface area contributed by atoms with Crippen LogP contribution in [-0.4, -0.2) is 45.9 Å². The maximum absolute atomic E-state index is 13.9. The highest BCUT2D eigenvalue weighted by Crippen LogP contribution is 2.25. The minimum absolute atomic E-state index is 0.102. The average Bonchev–Trinajstić information content (AvgIpc) is 3.22. The highest BCUT2D eigenvalue weighted by molar-refractivity contribution is 5.61. The lowest BCUT2D eigenvalue weighted by molar-refractivity contribution is 0.615. The van der Waals surface area contributed by atoms with Crippen molar-refractivity contribution in [2.45, 2.75) is 6.92 Å². The van der Waals surface area contributed by atoms with E-state index < -0.39 is 5.82 Å². The molecule has 0 amide bonds. The lowest BCUT2D eigenvalue weighted by Gasteiger charge is -2.37. The molecule has 1 aliphatic heterocycles. The quantitative estimate of drug-likeness (QED) is 0.711. The number of piperazine rings is 1. The molecular weight excluding hydrogens is 345 g/mol. The van der Waals surface area contributed by atoms with Crippen LogP contribution in [0.5, 0.6) is 0 Å². The van der Waals surface area contributed by atoms with E-state index in [2.05, 4.69) is 20.0 Å². The van der Waals surface area contributed by atoms with E-state index in [9.17, 15) is 9.65 Å². The van der Waals surface area contributed by atoms with Gasteiger partial charge in [0.05, 0.1) is 5.69 Å². The summed E-state index contributed by atoms with van der Waals surface area (Å²) in [7, 11) is 0. The fraction of sp³-hybridized carbons (Fsp3) is 0.263. The zero-order chi connectivity index (χ0) is 18.8. The van der Waals surface area contributed by atoms with Crippen LogP contribution in [0, 0.1) is 24.1 Å². The molecule has 0 bridgehead atoms. The predicted octanol–water partition coefficient (Wildman–Crippen LogP) is 2.31. The molecule has 0 unspecified atom stereocenters. The van der Waals surface area contributed by atoms with Crippen molar-refractivity contribution in [3.63, 3.8) is 0 Å². The van der Waals surface area contributed by atoms with Gasteiger partial charge in [-0.15, -0.1) is 0 Å². The first-order chi connectivity index (χ1) is 13.2. The normalized spacial score (nSPS) is 14.3. The molecule has 4 rings (SSSR count). The number of hydrogen-bond acceptors (Lipinski definition) is 6. The van der Waals surface area contributed by atoms with Crippen LogP contribution < -0.4 is 9.80 Å². The monoisotopic (exact) mass is 363 g/mol. The molecule has 0 N–H and O–H groups in total. The summed E-state index contributed by atoms with van der Waals surface area (Å²) in [6.07, 6.45) is 3.55. The minimum Gasteiger partial charge on any atom is -0.367 e. The van der Waals surface area contributed by atoms with Crippen molar-refractivity contribution in [3.05, 3.63) is 59.9 Å². The number of rotatable bonds is 3. The molecule has 3 aromatic rings. The van der Waals surface area contributed by atoms with E-state index >= 15 is 0 Å². The Morgan fingerprint density at radius 3 is 2.48 bits per heavy atom. The zero-order valence-electron chi connectivity index (χ0n) is 14.9. The van der Waals surface area contributed by atoms with Gasteiger partial charge in [-0.1, -0.05) is 6.07 Å². The van der Waals surface area contributed by atoms with Gasteiger partial charge in [-0.25, -0.2) is 19.0 Å². The number of aryl methyl sites for hydroxylation is 1. The molecule has 0 atom stereocenters. The van der Waals surface area contributed by atoms with Crippen LogP contribution in [0.25, 0.3) is 5.82 Å². The van der Waals surface area contributed by atoms with Crippen LogP contribution >= 0.6 is 0 Å². The second-order valence-corrected chi connectivity index (χ2v) is 6.30. The molecule has 1 saturated heterocycles. The Morgan fingerprint density at radius 2 is 1.78 bits per heavy atom. The molecule has 0 aliphatic carbocycles. The van der Waals surface area contributed by atoms with Crippen LogP contribution in [0.3, 0.4) is 0 Å². The van der Waals surface area contributed by atoms with Crippen LogP contribution in [-0.2, 0) is 0 Å². The lowest BCUT2D eigenvalue weighted by atomic mass is 10.1. The maximum atomic E-state index is 13.9. The highest BCUT2D eigenvalue weighted by Gasteiger charge is 2.22. The summed E-state index contributed by atoms with van der Waals surface area (Å²) in [5.41, 5.74) is 0.748. The topological polar surface area (TPSA) is 73.9 Å². The van der Waals surface area contributed by atoms with E-state index in [1.807, 2.05) is 36.2 Å². The van der Waals surface area contributed by atoms with Crippen LogP contribution in [0.15, 0.2) is 42.7 Å². The van der Waals surface area contributed by atoms with Gasteiger partial charge in [-0.3, -0.25) is 0 Å². The van der Waals surface area contributed by atoms with Crippen molar-refractivity contribution in [1.29, 1.82) is 5.26 Å². The third kappa shape index (κ3) is 3.31. The van der Waals surface area contributed by atoms with Gasteiger partial charge in [-0.2, -0.15) is 10.4 Å². The fourth-order valence-corrected chi connectivity index (χ4v) is 3.28. The molecule has 2 aromatic heterocycles. The van der Waals surface area contributed by atoms with Crippen LogP contribution in [0.2, 0.25) is 0 Å². The van der Waals surface area contributed by atoms with Crippen molar-refractivity contribution in [2.24, 2.45) is 0 Å². The first-order valence-corrected chi connectivity index (χ1v) is 8.70. The largest absolute Gasteiger partial charge is 0.367 e. The van der Waals surface area contributed by atoms with Gasteiger partial charge in [0.25, 0.3) is 0 Å². The summed E-state index contributed by atoms with van der Waals surface area (Å²) < 4.78 is 15.6. The second kappa shape index (κ2) is 7.03. The van der Waals surface area contributed by atoms with E-state index in [0.29, 0.717) is 24.6 Å². The molecule has 8 heteroatoms. The van der Waals surface area contributed by atoms with Crippen molar-refractivity contribution >= 4 is 11.5 Å². The first-order valence-electron chi connectivity index (χ1n) is 8.70. The third-order valence-electron chi connectivity index (χ3n) is 4.60.